The minimum atomic E-state index is -0.214. The van der Waals surface area contributed by atoms with E-state index >= 15 is 0 Å². The molecule has 6 heteroatoms. The van der Waals surface area contributed by atoms with Crippen LogP contribution < -0.4 is 5.56 Å². The van der Waals surface area contributed by atoms with Gasteiger partial charge >= 0.3 is 0 Å². The molecule has 1 aromatic carbocycles. The van der Waals surface area contributed by atoms with Gasteiger partial charge in [0.25, 0.3) is 5.56 Å². The van der Waals surface area contributed by atoms with Crippen molar-refractivity contribution < 1.29 is 0 Å². The Morgan fingerprint density at radius 1 is 1.16 bits per heavy atom. The largest absolute Gasteiger partial charge is 0.279 e. The standard InChI is InChI=1S/C13H9N3OS2/c1-18-13-14-7-6-9(15-13)12-16-11(17)8-4-2-3-5-10(8)19-12/h2-7H,1H3. The maximum absolute atomic E-state index is 12.0. The Balaban J connectivity index is 2.22. The van der Waals surface area contributed by atoms with Gasteiger partial charge in [0.15, 0.2) is 5.16 Å². The van der Waals surface area contributed by atoms with Gasteiger partial charge in [-0.25, -0.2) is 9.97 Å². The molecular formula is C13H9N3OS2. The van der Waals surface area contributed by atoms with E-state index in [0.29, 0.717) is 21.2 Å². The molecule has 0 saturated carbocycles. The van der Waals surface area contributed by atoms with E-state index in [4.69, 9.17) is 0 Å². The lowest BCUT2D eigenvalue weighted by molar-refractivity contribution is 0.973. The second kappa shape index (κ2) is 5.07. The number of aromatic nitrogens is 3. The first kappa shape index (κ1) is 12.3. The van der Waals surface area contributed by atoms with E-state index in [0.717, 1.165) is 4.70 Å². The number of hydrogen-bond acceptors (Lipinski definition) is 6. The molecule has 0 aliphatic heterocycles. The van der Waals surface area contributed by atoms with Gasteiger partial charge in [0.1, 0.15) is 10.7 Å². The predicted octanol–water partition coefficient (Wildman–Crippen LogP) is 2.84. The van der Waals surface area contributed by atoms with Crippen LogP contribution in [0.4, 0.5) is 0 Å². The van der Waals surface area contributed by atoms with Crippen molar-refractivity contribution in [2.24, 2.45) is 0 Å². The lowest BCUT2D eigenvalue weighted by Crippen LogP contribution is -2.06. The maximum Gasteiger partial charge on any atom is 0.279 e. The molecule has 19 heavy (non-hydrogen) atoms. The van der Waals surface area contributed by atoms with Crippen LogP contribution in [0.15, 0.2) is 46.5 Å². The second-order valence-corrected chi connectivity index (χ2v) is 5.55. The smallest absolute Gasteiger partial charge is 0.267 e. The van der Waals surface area contributed by atoms with Crippen LogP contribution >= 0.6 is 23.1 Å². The van der Waals surface area contributed by atoms with E-state index < -0.39 is 0 Å². The van der Waals surface area contributed by atoms with E-state index in [1.165, 1.54) is 23.1 Å². The van der Waals surface area contributed by atoms with Crippen molar-refractivity contribution in [3.63, 3.8) is 0 Å². The normalized spacial score (nSPS) is 10.8. The summed E-state index contributed by atoms with van der Waals surface area (Å²) >= 11 is 2.92. The minimum Gasteiger partial charge on any atom is -0.267 e. The molecule has 0 unspecified atom stereocenters. The molecule has 0 aliphatic rings. The van der Waals surface area contributed by atoms with Gasteiger partial charge in [-0.15, -0.1) is 11.3 Å². The second-order valence-electron chi connectivity index (χ2n) is 3.75. The number of hydrogen-bond donors (Lipinski definition) is 0. The summed E-state index contributed by atoms with van der Waals surface area (Å²) in [6.07, 6.45) is 3.59. The molecule has 0 spiro atoms. The van der Waals surface area contributed by atoms with Crippen molar-refractivity contribution in [3.8, 4) is 10.7 Å². The number of thioether (sulfide) groups is 1. The fourth-order valence-corrected chi connectivity index (χ4v) is 3.00. The molecule has 2 aromatic heterocycles. The zero-order chi connectivity index (χ0) is 13.2. The van der Waals surface area contributed by atoms with E-state index in [2.05, 4.69) is 15.0 Å². The monoisotopic (exact) mass is 287 g/mol. The summed E-state index contributed by atoms with van der Waals surface area (Å²) in [6.45, 7) is 0. The first-order chi connectivity index (χ1) is 9.28. The highest BCUT2D eigenvalue weighted by Crippen LogP contribution is 2.25. The summed E-state index contributed by atoms with van der Waals surface area (Å²) < 4.78 is 0.918. The van der Waals surface area contributed by atoms with E-state index in [1.54, 1.807) is 18.3 Å². The number of rotatable bonds is 2. The fourth-order valence-electron chi connectivity index (χ4n) is 1.68. The fraction of sp³-hybridized carbons (Fsp3) is 0.0769. The van der Waals surface area contributed by atoms with Gasteiger partial charge in [0.2, 0.25) is 0 Å². The topological polar surface area (TPSA) is 55.7 Å². The lowest BCUT2D eigenvalue weighted by atomic mass is 10.3. The van der Waals surface area contributed by atoms with Gasteiger partial charge in [-0.2, -0.15) is 4.98 Å². The van der Waals surface area contributed by atoms with Crippen LogP contribution in [0.3, 0.4) is 0 Å². The molecule has 3 rings (SSSR count). The van der Waals surface area contributed by atoms with Crippen LogP contribution in [0.5, 0.6) is 0 Å². The third kappa shape index (κ3) is 2.36. The van der Waals surface area contributed by atoms with Gasteiger partial charge in [-0.05, 0) is 24.5 Å². The van der Waals surface area contributed by atoms with Crippen molar-refractivity contribution in [1.29, 1.82) is 0 Å². The minimum absolute atomic E-state index is 0.214. The molecule has 94 valence electrons. The van der Waals surface area contributed by atoms with Crippen LogP contribution in [0.1, 0.15) is 0 Å². The van der Waals surface area contributed by atoms with E-state index in [-0.39, 0.29) is 5.56 Å². The molecule has 0 aliphatic carbocycles. The molecule has 3 aromatic rings. The Morgan fingerprint density at radius 2 is 2.00 bits per heavy atom. The molecule has 0 atom stereocenters. The van der Waals surface area contributed by atoms with Crippen LogP contribution in [0, 0.1) is 0 Å². The summed E-state index contributed by atoms with van der Waals surface area (Å²) in [4.78, 5) is 24.6. The molecule has 0 N–H and O–H groups in total. The third-order valence-corrected chi connectivity index (χ3v) is 4.19. The quantitative estimate of drug-likeness (QED) is 0.536. The summed E-state index contributed by atoms with van der Waals surface area (Å²) in [5, 5.41) is 1.95. The molecule has 0 radical (unpaired) electrons. The average Bonchev–Trinajstić information content (AvgIpc) is 2.47. The Hall–Kier alpha value is -1.79. The number of benzene rings is 1. The first-order valence-electron chi connectivity index (χ1n) is 5.55. The predicted molar refractivity (Wildman–Crippen MR) is 78.7 cm³/mol. The number of nitrogens with zero attached hydrogens (tertiary/aromatic N) is 3. The van der Waals surface area contributed by atoms with Crippen LogP contribution in [-0.2, 0) is 0 Å². The lowest BCUT2D eigenvalue weighted by Gasteiger charge is -2.01. The van der Waals surface area contributed by atoms with Crippen molar-refractivity contribution >= 4 is 33.2 Å². The van der Waals surface area contributed by atoms with Crippen molar-refractivity contribution in [1.82, 2.24) is 15.0 Å². The van der Waals surface area contributed by atoms with Crippen LogP contribution in [0.2, 0.25) is 0 Å². The third-order valence-electron chi connectivity index (χ3n) is 2.56. The SMILES string of the molecule is CSc1nccc(-c2nc(=O)c3ccccc3s2)n1. The van der Waals surface area contributed by atoms with Crippen molar-refractivity contribution in [3.05, 3.63) is 46.9 Å². The Morgan fingerprint density at radius 3 is 2.84 bits per heavy atom. The Kier molecular flexibility index (Phi) is 3.27. The molecule has 2 heterocycles. The molecule has 0 saturated heterocycles. The van der Waals surface area contributed by atoms with Crippen molar-refractivity contribution in [2.75, 3.05) is 6.26 Å². The van der Waals surface area contributed by atoms with Crippen LogP contribution in [-0.4, -0.2) is 21.2 Å². The Bertz CT molecular complexity index is 801. The molecular weight excluding hydrogens is 278 g/mol. The zero-order valence-electron chi connectivity index (χ0n) is 10.0. The zero-order valence-corrected chi connectivity index (χ0v) is 11.7. The van der Waals surface area contributed by atoms with Gasteiger partial charge < -0.3 is 0 Å². The summed E-state index contributed by atoms with van der Waals surface area (Å²) in [5.41, 5.74) is 0.473. The molecule has 0 bridgehead atoms. The first-order valence-corrected chi connectivity index (χ1v) is 7.59. The highest BCUT2D eigenvalue weighted by atomic mass is 32.2. The molecule has 4 nitrogen and oxygen atoms in total. The van der Waals surface area contributed by atoms with Gasteiger partial charge in [0.05, 0.1) is 5.39 Å². The Labute approximate surface area is 117 Å². The highest BCUT2D eigenvalue weighted by Gasteiger charge is 2.08. The maximum atomic E-state index is 12.0. The molecule has 0 amide bonds. The summed E-state index contributed by atoms with van der Waals surface area (Å²) in [5.74, 6) is 0. The summed E-state index contributed by atoms with van der Waals surface area (Å²) in [6, 6.07) is 9.23. The highest BCUT2D eigenvalue weighted by molar-refractivity contribution is 7.98. The van der Waals surface area contributed by atoms with Gasteiger partial charge in [-0.3, -0.25) is 4.79 Å². The summed E-state index contributed by atoms with van der Waals surface area (Å²) in [7, 11) is 0. The van der Waals surface area contributed by atoms with Gasteiger partial charge in [-0.1, -0.05) is 23.9 Å². The van der Waals surface area contributed by atoms with Crippen LogP contribution in [0.25, 0.3) is 20.8 Å². The molecule has 0 fully saturated rings. The van der Waals surface area contributed by atoms with Crippen molar-refractivity contribution in [2.45, 2.75) is 5.16 Å². The average molecular weight is 287 g/mol. The number of fused-ring (bicyclic) bond motifs is 1. The van der Waals surface area contributed by atoms with E-state index in [9.17, 15) is 4.79 Å². The van der Waals surface area contributed by atoms with Gasteiger partial charge in [0, 0.05) is 10.9 Å². The van der Waals surface area contributed by atoms with E-state index in [1.807, 2.05) is 24.5 Å².